The summed E-state index contributed by atoms with van der Waals surface area (Å²) in [4.78, 5) is 20.2. The third-order valence-electron chi connectivity index (χ3n) is 5.03. The second-order valence-electron chi connectivity index (χ2n) is 7.57. The molecule has 31 heavy (non-hydrogen) atoms. The van der Waals surface area contributed by atoms with Crippen LogP contribution in [0.1, 0.15) is 27.0 Å². The second-order valence-corrected chi connectivity index (χ2v) is 8.41. The number of aromatic nitrogens is 1. The first-order chi connectivity index (χ1) is 15.0. The zero-order chi connectivity index (χ0) is 22.0. The normalized spacial score (nSPS) is 10.7. The molecule has 0 spiro atoms. The van der Waals surface area contributed by atoms with Crippen LogP contribution in [-0.2, 0) is 0 Å². The molecule has 3 aromatic carbocycles. The summed E-state index contributed by atoms with van der Waals surface area (Å²) in [7, 11) is 1.61. The van der Waals surface area contributed by atoms with E-state index >= 15 is 0 Å². The van der Waals surface area contributed by atoms with Crippen LogP contribution in [0, 0.1) is 20.8 Å². The van der Waals surface area contributed by atoms with E-state index < -0.39 is 0 Å². The highest BCUT2D eigenvalue weighted by atomic mass is 32.1. The standard InChI is InChI=1S/C26H24N2O2S/c1-17-9-11-20(12-10-17)22-16-31-26(27-22)28(23-7-5-6-8-24(23)30-4)25(29)21-14-18(2)13-19(3)15-21/h5-16H,1-4H3. The van der Waals surface area contributed by atoms with Gasteiger partial charge in [-0.15, -0.1) is 11.3 Å². The lowest BCUT2D eigenvalue weighted by atomic mass is 10.1. The molecule has 0 radical (unpaired) electrons. The molecule has 0 unspecified atom stereocenters. The van der Waals surface area contributed by atoms with E-state index in [4.69, 9.17) is 9.72 Å². The van der Waals surface area contributed by atoms with Crippen molar-refractivity contribution >= 4 is 28.1 Å². The average Bonchev–Trinajstić information content (AvgIpc) is 3.23. The quantitative estimate of drug-likeness (QED) is 0.354. The largest absolute Gasteiger partial charge is 0.495 e. The maximum absolute atomic E-state index is 13.7. The summed E-state index contributed by atoms with van der Waals surface area (Å²) < 4.78 is 5.57. The van der Waals surface area contributed by atoms with Gasteiger partial charge in [-0.05, 0) is 45.0 Å². The lowest BCUT2D eigenvalue weighted by Crippen LogP contribution is -2.26. The van der Waals surface area contributed by atoms with Crippen molar-refractivity contribution in [3.05, 3.63) is 94.4 Å². The minimum atomic E-state index is -0.138. The van der Waals surface area contributed by atoms with Gasteiger partial charge in [0.1, 0.15) is 5.75 Å². The molecule has 1 heterocycles. The van der Waals surface area contributed by atoms with Crippen LogP contribution in [0.2, 0.25) is 0 Å². The van der Waals surface area contributed by atoms with E-state index in [1.54, 1.807) is 12.0 Å². The van der Waals surface area contributed by atoms with Crippen molar-refractivity contribution in [1.82, 2.24) is 4.98 Å². The van der Waals surface area contributed by atoms with Crippen molar-refractivity contribution in [2.45, 2.75) is 20.8 Å². The van der Waals surface area contributed by atoms with E-state index in [-0.39, 0.29) is 5.91 Å². The number of hydrogen-bond acceptors (Lipinski definition) is 4. The number of benzene rings is 3. The van der Waals surface area contributed by atoms with Gasteiger partial charge in [0, 0.05) is 16.5 Å². The Morgan fingerprint density at radius 1 is 0.903 bits per heavy atom. The summed E-state index contributed by atoms with van der Waals surface area (Å²) in [5.41, 5.74) is 6.43. The predicted octanol–water partition coefficient (Wildman–Crippen LogP) is 6.72. The van der Waals surface area contributed by atoms with E-state index in [0.717, 1.165) is 22.4 Å². The number of anilines is 2. The minimum absolute atomic E-state index is 0.138. The molecule has 0 saturated heterocycles. The number of aryl methyl sites for hydroxylation is 3. The van der Waals surface area contributed by atoms with E-state index in [9.17, 15) is 4.79 Å². The lowest BCUT2D eigenvalue weighted by Gasteiger charge is -2.22. The highest BCUT2D eigenvalue weighted by Gasteiger charge is 2.26. The number of hydrogen-bond donors (Lipinski definition) is 0. The summed E-state index contributed by atoms with van der Waals surface area (Å²) in [5.74, 6) is 0.480. The van der Waals surface area contributed by atoms with Gasteiger partial charge in [0.05, 0.1) is 18.5 Å². The molecule has 0 aliphatic heterocycles. The summed E-state index contributed by atoms with van der Waals surface area (Å²) in [5, 5.41) is 2.58. The highest BCUT2D eigenvalue weighted by molar-refractivity contribution is 7.14. The van der Waals surface area contributed by atoms with Crippen molar-refractivity contribution in [3.8, 4) is 17.0 Å². The smallest absolute Gasteiger partial charge is 0.264 e. The summed E-state index contributed by atoms with van der Waals surface area (Å²) in [6.45, 7) is 6.05. The van der Waals surface area contributed by atoms with E-state index in [1.807, 2.05) is 67.8 Å². The molecule has 1 amide bonds. The van der Waals surface area contributed by atoms with Gasteiger partial charge in [-0.25, -0.2) is 9.88 Å². The Morgan fingerprint density at radius 2 is 1.58 bits per heavy atom. The summed E-state index contributed by atoms with van der Waals surface area (Å²) in [6, 6.07) is 21.6. The maximum Gasteiger partial charge on any atom is 0.264 e. The number of para-hydroxylation sites is 2. The van der Waals surface area contributed by atoms with E-state index in [0.29, 0.717) is 22.1 Å². The highest BCUT2D eigenvalue weighted by Crippen LogP contribution is 2.38. The van der Waals surface area contributed by atoms with Crippen molar-refractivity contribution in [2.75, 3.05) is 12.0 Å². The van der Waals surface area contributed by atoms with Crippen LogP contribution in [0.15, 0.2) is 72.1 Å². The van der Waals surface area contributed by atoms with Gasteiger partial charge >= 0.3 is 0 Å². The van der Waals surface area contributed by atoms with Gasteiger partial charge in [-0.3, -0.25) is 4.79 Å². The molecule has 0 aliphatic carbocycles. The number of carbonyl (C=O) groups excluding carboxylic acids is 1. The minimum Gasteiger partial charge on any atom is -0.495 e. The molecule has 0 saturated carbocycles. The van der Waals surface area contributed by atoms with Gasteiger partial charge in [0.25, 0.3) is 5.91 Å². The first-order valence-corrected chi connectivity index (χ1v) is 10.9. The van der Waals surface area contributed by atoms with Crippen LogP contribution in [-0.4, -0.2) is 18.0 Å². The van der Waals surface area contributed by atoms with Crippen molar-refractivity contribution < 1.29 is 9.53 Å². The second kappa shape index (κ2) is 8.74. The van der Waals surface area contributed by atoms with Gasteiger partial charge < -0.3 is 4.74 Å². The molecule has 0 bridgehead atoms. The molecule has 156 valence electrons. The molecule has 0 atom stereocenters. The summed E-state index contributed by atoms with van der Waals surface area (Å²) >= 11 is 1.44. The SMILES string of the molecule is COc1ccccc1N(C(=O)c1cc(C)cc(C)c1)c1nc(-c2ccc(C)cc2)cs1. The molecule has 4 aromatic rings. The Morgan fingerprint density at radius 3 is 2.26 bits per heavy atom. The van der Waals surface area contributed by atoms with Gasteiger partial charge in [-0.1, -0.05) is 59.2 Å². The molecular weight excluding hydrogens is 404 g/mol. The number of methoxy groups -OCH3 is 1. The Labute approximate surface area is 186 Å². The van der Waals surface area contributed by atoms with Crippen molar-refractivity contribution in [3.63, 3.8) is 0 Å². The van der Waals surface area contributed by atoms with Gasteiger partial charge in [0.2, 0.25) is 0 Å². The Balaban J connectivity index is 1.83. The molecule has 5 heteroatoms. The third-order valence-corrected chi connectivity index (χ3v) is 5.85. The predicted molar refractivity (Wildman–Crippen MR) is 128 cm³/mol. The number of rotatable bonds is 5. The lowest BCUT2D eigenvalue weighted by molar-refractivity contribution is 0.0998. The van der Waals surface area contributed by atoms with Crippen LogP contribution < -0.4 is 9.64 Å². The van der Waals surface area contributed by atoms with E-state index in [2.05, 4.69) is 25.1 Å². The van der Waals surface area contributed by atoms with Crippen LogP contribution in [0.25, 0.3) is 11.3 Å². The Kier molecular flexibility index (Phi) is 5.87. The molecule has 0 fully saturated rings. The number of thiazole rings is 1. The first kappa shape index (κ1) is 20.8. The fraction of sp³-hybridized carbons (Fsp3) is 0.154. The molecular formula is C26H24N2O2S. The molecule has 4 nitrogen and oxygen atoms in total. The fourth-order valence-electron chi connectivity index (χ4n) is 3.56. The van der Waals surface area contributed by atoms with Crippen molar-refractivity contribution in [2.24, 2.45) is 0 Å². The van der Waals surface area contributed by atoms with Gasteiger partial charge in [0.15, 0.2) is 5.13 Å². The van der Waals surface area contributed by atoms with Crippen LogP contribution >= 0.6 is 11.3 Å². The Hall–Kier alpha value is -3.44. The third kappa shape index (κ3) is 4.37. The topological polar surface area (TPSA) is 42.4 Å². The molecule has 0 aliphatic rings. The van der Waals surface area contributed by atoms with Crippen molar-refractivity contribution in [1.29, 1.82) is 0 Å². The monoisotopic (exact) mass is 428 g/mol. The maximum atomic E-state index is 13.7. The van der Waals surface area contributed by atoms with E-state index in [1.165, 1.54) is 16.9 Å². The average molecular weight is 429 g/mol. The number of amides is 1. The van der Waals surface area contributed by atoms with Crippen LogP contribution in [0.4, 0.5) is 10.8 Å². The molecule has 4 rings (SSSR count). The fourth-order valence-corrected chi connectivity index (χ4v) is 4.41. The zero-order valence-corrected chi connectivity index (χ0v) is 18.9. The van der Waals surface area contributed by atoms with Gasteiger partial charge in [-0.2, -0.15) is 0 Å². The number of carbonyl (C=O) groups is 1. The van der Waals surface area contributed by atoms with Crippen LogP contribution in [0.3, 0.4) is 0 Å². The molecule has 1 aromatic heterocycles. The number of ether oxygens (including phenoxy) is 1. The first-order valence-electron chi connectivity index (χ1n) is 10.0. The number of nitrogens with zero attached hydrogens (tertiary/aromatic N) is 2. The molecule has 0 N–H and O–H groups in total. The summed E-state index contributed by atoms with van der Waals surface area (Å²) in [6.07, 6.45) is 0. The Bertz CT molecular complexity index is 1210. The van der Waals surface area contributed by atoms with Crippen LogP contribution in [0.5, 0.6) is 5.75 Å². The zero-order valence-electron chi connectivity index (χ0n) is 18.0.